The van der Waals surface area contributed by atoms with Crippen LogP contribution in [0.3, 0.4) is 0 Å². The van der Waals surface area contributed by atoms with E-state index in [4.69, 9.17) is 10.1 Å². The Hall–Kier alpha value is -1.86. The number of para-hydroxylation sites is 1. The molecule has 0 aliphatic carbocycles. The molecule has 0 atom stereocenters. The van der Waals surface area contributed by atoms with Crippen molar-refractivity contribution < 1.29 is 4.79 Å². The summed E-state index contributed by atoms with van der Waals surface area (Å²) in [5.41, 5.74) is 1.84. The van der Waals surface area contributed by atoms with Crippen LogP contribution in [0.15, 0.2) is 24.3 Å². The third-order valence-electron chi connectivity index (χ3n) is 2.48. The van der Waals surface area contributed by atoms with Crippen LogP contribution in [0.2, 0.25) is 0 Å². The smallest absolute Gasteiger partial charge is 0.116 e. The quantitative estimate of drug-likeness (QED) is 0.787. The van der Waals surface area contributed by atoms with Gasteiger partial charge in [-0.05, 0) is 19.1 Å². The van der Waals surface area contributed by atoms with Crippen molar-refractivity contribution in [1.29, 1.82) is 5.26 Å². The van der Waals surface area contributed by atoms with E-state index in [-0.39, 0.29) is 0 Å². The molecule has 0 unspecified atom stereocenters. The average molecular weight is 261 g/mol. The largest absolute Gasteiger partial charge is 0.368 e. The summed E-state index contributed by atoms with van der Waals surface area (Å²) in [5, 5.41) is 12.3. The van der Waals surface area contributed by atoms with Gasteiger partial charge in [-0.1, -0.05) is 26.0 Å². The summed E-state index contributed by atoms with van der Waals surface area (Å²) >= 11 is 0. The van der Waals surface area contributed by atoms with E-state index in [1.807, 2.05) is 38.1 Å². The number of hydrogen-bond acceptors (Lipinski definition) is 4. The molecule has 2 rings (SSSR count). The molecule has 0 saturated carbocycles. The molecule has 1 N–H and O–H groups in total. The van der Waals surface area contributed by atoms with Gasteiger partial charge in [0.05, 0.1) is 11.3 Å². The van der Waals surface area contributed by atoms with Crippen molar-refractivity contribution >= 4 is 12.0 Å². The first kappa shape index (κ1) is 17.1. The number of nitrogens with zero attached hydrogens (tertiary/aromatic N) is 2. The predicted molar refractivity (Wildman–Crippen MR) is 79.3 cm³/mol. The summed E-state index contributed by atoms with van der Waals surface area (Å²) in [4.78, 5) is 11.1. The minimum absolute atomic E-state index is 0.750. The zero-order valence-corrected chi connectivity index (χ0v) is 12.0. The minimum Gasteiger partial charge on any atom is -0.368 e. The highest BCUT2D eigenvalue weighted by atomic mass is 16.1. The molecule has 4 nitrogen and oxygen atoms in total. The molecule has 1 fully saturated rings. The molecule has 1 aliphatic rings. The summed E-state index contributed by atoms with van der Waals surface area (Å²) < 4.78 is 0. The lowest BCUT2D eigenvalue weighted by atomic mass is 10.1. The number of carbonyl (C=O) groups is 1. The molecule has 1 aliphatic heterocycles. The Kier molecular flexibility index (Phi) is 10.1. The second-order valence-corrected chi connectivity index (χ2v) is 3.60. The van der Waals surface area contributed by atoms with Crippen molar-refractivity contribution in [2.24, 2.45) is 0 Å². The Morgan fingerprint density at radius 3 is 2.32 bits per heavy atom. The van der Waals surface area contributed by atoms with Crippen LogP contribution in [0.1, 0.15) is 26.3 Å². The average Bonchev–Trinajstić information content (AvgIpc) is 2.51. The van der Waals surface area contributed by atoms with Gasteiger partial charge in [0.1, 0.15) is 12.4 Å². The van der Waals surface area contributed by atoms with Crippen molar-refractivity contribution in [2.75, 3.05) is 31.1 Å². The predicted octanol–water partition coefficient (Wildman–Crippen LogP) is 2.20. The molecule has 0 spiro atoms. The molecule has 0 aromatic heterocycles. The van der Waals surface area contributed by atoms with Gasteiger partial charge in [-0.2, -0.15) is 5.26 Å². The number of nitrogens with one attached hydrogen (secondary N) is 1. The maximum Gasteiger partial charge on any atom is 0.116 e. The van der Waals surface area contributed by atoms with Crippen LogP contribution < -0.4 is 10.2 Å². The van der Waals surface area contributed by atoms with Crippen LogP contribution in [0.25, 0.3) is 0 Å². The summed E-state index contributed by atoms with van der Waals surface area (Å²) in [5.74, 6) is 0. The molecule has 1 aromatic carbocycles. The van der Waals surface area contributed by atoms with Crippen LogP contribution in [-0.4, -0.2) is 32.5 Å². The van der Waals surface area contributed by atoms with E-state index in [1.165, 1.54) is 6.92 Å². The third-order valence-corrected chi connectivity index (χ3v) is 2.48. The first-order valence-electron chi connectivity index (χ1n) is 6.68. The van der Waals surface area contributed by atoms with Crippen molar-refractivity contribution in [1.82, 2.24) is 5.32 Å². The van der Waals surface area contributed by atoms with Crippen molar-refractivity contribution in [2.45, 2.75) is 20.8 Å². The SMILES string of the molecule is CC.CC=O.N#Cc1ccccc1N1CCNCC1. The maximum absolute atomic E-state index is 8.96. The number of aldehydes is 1. The highest BCUT2D eigenvalue weighted by molar-refractivity contribution is 5.59. The van der Waals surface area contributed by atoms with E-state index in [9.17, 15) is 0 Å². The highest BCUT2D eigenvalue weighted by Gasteiger charge is 2.12. The van der Waals surface area contributed by atoms with Crippen LogP contribution in [-0.2, 0) is 4.79 Å². The number of hydrogen-bond donors (Lipinski definition) is 1. The molecule has 4 heteroatoms. The summed E-state index contributed by atoms with van der Waals surface area (Å²) in [6.07, 6.45) is 0.750. The molecule has 104 valence electrons. The van der Waals surface area contributed by atoms with Crippen molar-refractivity contribution in [3.63, 3.8) is 0 Å². The van der Waals surface area contributed by atoms with Gasteiger partial charge in [0.15, 0.2) is 0 Å². The van der Waals surface area contributed by atoms with Gasteiger partial charge in [-0.3, -0.25) is 0 Å². The fourth-order valence-corrected chi connectivity index (χ4v) is 1.75. The van der Waals surface area contributed by atoms with Gasteiger partial charge in [-0.25, -0.2) is 0 Å². The highest BCUT2D eigenvalue weighted by Crippen LogP contribution is 2.19. The molecule has 0 amide bonds. The summed E-state index contributed by atoms with van der Waals surface area (Å²) in [6.45, 7) is 9.41. The van der Waals surface area contributed by atoms with Gasteiger partial charge < -0.3 is 15.0 Å². The van der Waals surface area contributed by atoms with Gasteiger partial charge in [-0.15, -0.1) is 0 Å². The first-order valence-corrected chi connectivity index (χ1v) is 6.68. The second kappa shape index (κ2) is 11.2. The van der Waals surface area contributed by atoms with E-state index < -0.39 is 0 Å². The molecule has 0 bridgehead atoms. The Morgan fingerprint density at radius 2 is 1.79 bits per heavy atom. The Morgan fingerprint density at radius 1 is 1.26 bits per heavy atom. The zero-order chi connectivity index (χ0) is 14.5. The van der Waals surface area contributed by atoms with Gasteiger partial charge in [0.2, 0.25) is 0 Å². The lowest BCUT2D eigenvalue weighted by Crippen LogP contribution is -2.43. The number of nitriles is 1. The Bertz CT molecular complexity index is 393. The number of piperazine rings is 1. The van der Waals surface area contributed by atoms with E-state index in [0.717, 1.165) is 43.7 Å². The van der Waals surface area contributed by atoms with Gasteiger partial charge in [0.25, 0.3) is 0 Å². The van der Waals surface area contributed by atoms with E-state index in [1.54, 1.807) is 0 Å². The topological polar surface area (TPSA) is 56.1 Å². The number of benzene rings is 1. The Labute approximate surface area is 116 Å². The zero-order valence-electron chi connectivity index (χ0n) is 12.0. The molecule has 1 aromatic rings. The van der Waals surface area contributed by atoms with Gasteiger partial charge in [0, 0.05) is 26.2 Å². The molecule has 0 radical (unpaired) electrons. The molecule has 1 heterocycles. The number of rotatable bonds is 1. The van der Waals surface area contributed by atoms with E-state index >= 15 is 0 Å². The molecule has 1 saturated heterocycles. The minimum atomic E-state index is 0.750. The lowest BCUT2D eigenvalue weighted by molar-refractivity contribution is -0.106. The van der Waals surface area contributed by atoms with Crippen molar-refractivity contribution in [3.8, 4) is 6.07 Å². The maximum atomic E-state index is 8.96. The third kappa shape index (κ3) is 6.03. The standard InChI is InChI=1S/C11H13N3.C2H4O.C2H6/c12-9-10-3-1-2-4-11(10)14-7-5-13-6-8-14;1-2-3;1-2/h1-4,13H,5-8H2;2H,1H3;1-2H3. The number of carbonyl (C=O) groups excluding carboxylic acids is 1. The lowest BCUT2D eigenvalue weighted by Gasteiger charge is -2.29. The number of anilines is 1. The van der Waals surface area contributed by atoms with Gasteiger partial charge >= 0.3 is 0 Å². The fourth-order valence-electron chi connectivity index (χ4n) is 1.75. The fraction of sp³-hybridized carbons (Fsp3) is 0.467. The van der Waals surface area contributed by atoms with Crippen LogP contribution in [0, 0.1) is 11.3 Å². The second-order valence-electron chi connectivity index (χ2n) is 3.60. The monoisotopic (exact) mass is 261 g/mol. The van der Waals surface area contributed by atoms with Crippen LogP contribution in [0.5, 0.6) is 0 Å². The molecule has 19 heavy (non-hydrogen) atoms. The van der Waals surface area contributed by atoms with Crippen LogP contribution in [0.4, 0.5) is 5.69 Å². The van der Waals surface area contributed by atoms with Crippen LogP contribution >= 0.6 is 0 Å². The first-order chi connectivity index (χ1) is 9.33. The summed E-state index contributed by atoms with van der Waals surface area (Å²) in [6, 6.07) is 10.0. The molecular weight excluding hydrogens is 238 g/mol. The van der Waals surface area contributed by atoms with E-state index in [0.29, 0.717) is 0 Å². The normalized spacial score (nSPS) is 13.1. The Balaban J connectivity index is 0.000000573. The van der Waals surface area contributed by atoms with E-state index in [2.05, 4.69) is 16.3 Å². The van der Waals surface area contributed by atoms with Crippen molar-refractivity contribution in [3.05, 3.63) is 29.8 Å². The molecular formula is C15H23N3O. The summed E-state index contributed by atoms with van der Waals surface area (Å²) in [7, 11) is 0.